The molecule has 122 valence electrons. The summed E-state index contributed by atoms with van der Waals surface area (Å²) in [4.78, 5) is 0. The van der Waals surface area contributed by atoms with E-state index >= 15 is 0 Å². The summed E-state index contributed by atoms with van der Waals surface area (Å²) in [5, 5.41) is 0. The summed E-state index contributed by atoms with van der Waals surface area (Å²) in [5.74, 6) is 0. The Kier molecular flexibility index (Phi) is 4.35. The van der Waals surface area contributed by atoms with Crippen LogP contribution in [-0.4, -0.2) is 0 Å². The largest absolute Gasteiger partial charge is 0.0622 e. The van der Waals surface area contributed by atoms with Gasteiger partial charge in [-0.3, -0.25) is 0 Å². The summed E-state index contributed by atoms with van der Waals surface area (Å²) in [5.41, 5.74) is 9.89. The third kappa shape index (κ3) is 3.21. The smallest absolute Gasteiger partial charge is 0.00166 e. The highest BCUT2D eigenvalue weighted by molar-refractivity contribution is 5.96. The van der Waals surface area contributed by atoms with Crippen molar-refractivity contribution in [1.29, 1.82) is 0 Å². The summed E-state index contributed by atoms with van der Waals surface area (Å²) >= 11 is 0. The van der Waals surface area contributed by atoms with Crippen molar-refractivity contribution in [3.05, 3.63) is 119 Å². The molecule has 0 atom stereocenters. The number of hydrogen-bond acceptors (Lipinski definition) is 0. The highest BCUT2D eigenvalue weighted by atomic mass is 14.3. The Labute approximate surface area is 150 Å². The minimum atomic E-state index is 0.979. The molecule has 0 amide bonds. The third-order valence-electron chi connectivity index (χ3n) is 4.94. The predicted octanol–water partition coefficient (Wildman–Crippen LogP) is 6.56. The average Bonchev–Trinajstić information content (AvgIpc) is 3.00. The first-order valence-corrected chi connectivity index (χ1v) is 8.90. The molecule has 0 fully saturated rings. The Bertz CT molecular complexity index is 914. The Hall–Kier alpha value is -2.86. The van der Waals surface area contributed by atoms with Crippen LogP contribution in [0.25, 0.3) is 11.1 Å². The van der Waals surface area contributed by atoms with Crippen molar-refractivity contribution in [2.24, 2.45) is 0 Å². The highest BCUT2D eigenvalue weighted by Gasteiger charge is 2.24. The molecule has 4 rings (SSSR count). The van der Waals surface area contributed by atoms with Gasteiger partial charge in [-0.2, -0.15) is 0 Å². The fourth-order valence-electron chi connectivity index (χ4n) is 3.80. The molecule has 0 spiro atoms. The van der Waals surface area contributed by atoms with Crippen molar-refractivity contribution < 1.29 is 0 Å². The second-order valence-corrected chi connectivity index (χ2v) is 6.68. The molecule has 25 heavy (non-hydrogen) atoms. The van der Waals surface area contributed by atoms with Gasteiger partial charge in [-0.25, -0.2) is 0 Å². The summed E-state index contributed by atoms with van der Waals surface area (Å²) in [6.07, 6.45) is 2.02. The normalized spacial score (nSPS) is 14.3. The number of allylic oxidation sites excluding steroid dienone is 4. The first-order chi connectivity index (χ1) is 12.3. The molecule has 1 aliphatic rings. The lowest BCUT2D eigenvalue weighted by molar-refractivity contribution is 1.21. The average molecular weight is 322 g/mol. The van der Waals surface area contributed by atoms with Crippen LogP contribution in [0.2, 0.25) is 0 Å². The zero-order valence-corrected chi connectivity index (χ0v) is 14.6. The molecule has 0 N–H and O–H groups in total. The van der Waals surface area contributed by atoms with E-state index in [0.717, 1.165) is 12.8 Å². The molecule has 0 aromatic heterocycles. The standard InChI is InChI=1S/C25H22/c1-19-17-23(21-13-7-3-8-14-21)24(18-20-11-5-2-6-12-20)25(19)22-15-9-4-10-16-22/h2-16H,17-18H2,1H3. The van der Waals surface area contributed by atoms with Crippen molar-refractivity contribution >= 4 is 11.1 Å². The molecule has 0 unspecified atom stereocenters. The van der Waals surface area contributed by atoms with Gasteiger partial charge in [0, 0.05) is 0 Å². The van der Waals surface area contributed by atoms with E-state index in [2.05, 4.69) is 97.9 Å². The van der Waals surface area contributed by atoms with Crippen molar-refractivity contribution in [2.45, 2.75) is 19.8 Å². The molecule has 0 nitrogen and oxygen atoms in total. The molecule has 0 radical (unpaired) electrons. The van der Waals surface area contributed by atoms with E-state index in [1.54, 1.807) is 0 Å². The zero-order chi connectivity index (χ0) is 17.1. The number of rotatable bonds is 4. The van der Waals surface area contributed by atoms with Gasteiger partial charge < -0.3 is 0 Å². The molecule has 1 aliphatic carbocycles. The van der Waals surface area contributed by atoms with Crippen LogP contribution in [0.1, 0.15) is 30.0 Å². The second kappa shape index (κ2) is 6.94. The van der Waals surface area contributed by atoms with Crippen LogP contribution in [0.5, 0.6) is 0 Å². The fourth-order valence-corrected chi connectivity index (χ4v) is 3.80. The molecule has 0 saturated heterocycles. The fraction of sp³-hybridized carbons (Fsp3) is 0.120. The van der Waals surface area contributed by atoms with E-state index in [-0.39, 0.29) is 0 Å². The maximum absolute atomic E-state index is 2.28. The molecule has 0 heterocycles. The van der Waals surface area contributed by atoms with E-state index in [9.17, 15) is 0 Å². The van der Waals surface area contributed by atoms with E-state index < -0.39 is 0 Å². The highest BCUT2D eigenvalue weighted by Crippen LogP contribution is 2.44. The Balaban J connectivity index is 1.84. The van der Waals surface area contributed by atoms with Crippen LogP contribution >= 0.6 is 0 Å². The summed E-state index contributed by atoms with van der Waals surface area (Å²) < 4.78 is 0. The molecular formula is C25H22. The van der Waals surface area contributed by atoms with Crippen molar-refractivity contribution in [2.75, 3.05) is 0 Å². The lowest BCUT2D eigenvalue weighted by Crippen LogP contribution is -1.96. The quantitative estimate of drug-likeness (QED) is 0.510. The van der Waals surface area contributed by atoms with Gasteiger partial charge in [-0.05, 0) is 53.2 Å². The van der Waals surface area contributed by atoms with Crippen LogP contribution in [0, 0.1) is 0 Å². The van der Waals surface area contributed by atoms with Gasteiger partial charge in [0.25, 0.3) is 0 Å². The van der Waals surface area contributed by atoms with E-state index in [4.69, 9.17) is 0 Å². The van der Waals surface area contributed by atoms with Gasteiger partial charge in [-0.1, -0.05) is 96.6 Å². The number of hydrogen-bond donors (Lipinski definition) is 0. The van der Waals surface area contributed by atoms with E-state index in [1.807, 2.05) is 0 Å². The maximum Gasteiger partial charge on any atom is -0.00166 e. The van der Waals surface area contributed by atoms with Crippen LogP contribution < -0.4 is 0 Å². The Morgan fingerprint density at radius 2 is 1.16 bits per heavy atom. The molecule has 0 heteroatoms. The second-order valence-electron chi connectivity index (χ2n) is 6.68. The van der Waals surface area contributed by atoms with Gasteiger partial charge in [0.15, 0.2) is 0 Å². The Morgan fingerprint density at radius 3 is 1.76 bits per heavy atom. The van der Waals surface area contributed by atoms with Crippen molar-refractivity contribution in [3.8, 4) is 0 Å². The molecule has 0 bridgehead atoms. The summed E-state index contributed by atoms with van der Waals surface area (Å²) in [6.45, 7) is 2.28. The van der Waals surface area contributed by atoms with Crippen LogP contribution in [0.3, 0.4) is 0 Å². The summed E-state index contributed by atoms with van der Waals surface area (Å²) in [7, 11) is 0. The number of benzene rings is 3. The first-order valence-electron chi connectivity index (χ1n) is 8.90. The lowest BCUT2D eigenvalue weighted by atomic mass is 9.90. The van der Waals surface area contributed by atoms with Gasteiger partial charge in [0.2, 0.25) is 0 Å². The summed E-state index contributed by atoms with van der Waals surface area (Å²) in [6, 6.07) is 32.5. The van der Waals surface area contributed by atoms with Crippen molar-refractivity contribution in [1.82, 2.24) is 0 Å². The van der Waals surface area contributed by atoms with Crippen LogP contribution in [0.4, 0.5) is 0 Å². The van der Waals surface area contributed by atoms with Gasteiger partial charge in [0.1, 0.15) is 0 Å². The molecular weight excluding hydrogens is 300 g/mol. The minimum absolute atomic E-state index is 0.979. The van der Waals surface area contributed by atoms with Crippen LogP contribution in [-0.2, 0) is 6.42 Å². The molecule has 0 saturated carbocycles. The zero-order valence-electron chi connectivity index (χ0n) is 14.6. The van der Waals surface area contributed by atoms with E-state index in [0.29, 0.717) is 0 Å². The van der Waals surface area contributed by atoms with Gasteiger partial charge >= 0.3 is 0 Å². The predicted molar refractivity (Wildman–Crippen MR) is 107 cm³/mol. The van der Waals surface area contributed by atoms with Gasteiger partial charge in [-0.15, -0.1) is 0 Å². The lowest BCUT2D eigenvalue weighted by Gasteiger charge is -2.14. The minimum Gasteiger partial charge on any atom is -0.0622 e. The van der Waals surface area contributed by atoms with Crippen LogP contribution in [0.15, 0.2) is 102 Å². The van der Waals surface area contributed by atoms with Gasteiger partial charge in [0.05, 0.1) is 0 Å². The maximum atomic E-state index is 2.28. The first kappa shape index (κ1) is 15.7. The SMILES string of the molecule is CC1=C(c2ccccc2)C(Cc2ccccc2)=C(c2ccccc2)C1. The Morgan fingerprint density at radius 1 is 0.640 bits per heavy atom. The van der Waals surface area contributed by atoms with Crippen molar-refractivity contribution in [3.63, 3.8) is 0 Å². The molecule has 0 aliphatic heterocycles. The van der Waals surface area contributed by atoms with E-state index in [1.165, 1.54) is 39.0 Å². The molecule has 3 aromatic carbocycles. The third-order valence-corrected chi connectivity index (χ3v) is 4.94. The topological polar surface area (TPSA) is 0 Å². The monoisotopic (exact) mass is 322 g/mol. The molecule has 3 aromatic rings.